The summed E-state index contributed by atoms with van der Waals surface area (Å²) in [5.41, 5.74) is -1.04. The molecule has 11 heteroatoms. The van der Waals surface area contributed by atoms with Gasteiger partial charge < -0.3 is 5.32 Å². The van der Waals surface area contributed by atoms with Gasteiger partial charge >= 0.3 is 6.18 Å². The van der Waals surface area contributed by atoms with Gasteiger partial charge in [-0.05, 0) is 35.9 Å². The number of fused-ring (bicyclic) bond motifs is 1. The first-order chi connectivity index (χ1) is 14.3. The van der Waals surface area contributed by atoms with Crippen LogP contribution in [-0.2, 0) is 6.18 Å². The highest BCUT2D eigenvalue weighted by atomic mass is 35.5. The zero-order valence-electron chi connectivity index (χ0n) is 15.2. The second-order valence-electron chi connectivity index (χ2n) is 6.05. The zero-order chi connectivity index (χ0) is 21.5. The maximum Gasteiger partial charge on any atom is 0.433 e. The second-order valence-corrected chi connectivity index (χ2v) is 8.23. The van der Waals surface area contributed by atoms with Gasteiger partial charge in [-0.25, -0.2) is 9.50 Å². The fraction of sp³-hybridized carbons (Fsp3) is 0.105. The highest BCUT2D eigenvalue weighted by Crippen LogP contribution is 2.35. The van der Waals surface area contributed by atoms with Crippen LogP contribution in [0.3, 0.4) is 0 Å². The molecule has 0 saturated carbocycles. The molecule has 0 atom stereocenters. The number of thiophene rings is 1. The molecular weight excluding hydrogens is 457 g/mol. The van der Waals surface area contributed by atoms with Crippen molar-refractivity contribution in [3.8, 4) is 10.6 Å². The molecule has 0 radical (unpaired) electrons. The maximum absolute atomic E-state index is 13.7. The van der Waals surface area contributed by atoms with E-state index in [1.54, 1.807) is 29.6 Å². The van der Waals surface area contributed by atoms with Gasteiger partial charge in [0.05, 0.1) is 16.3 Å². The number of benzene rings is 1. The lowest BCUT2D eigenvalue weighted by molar-refractivity contribution is -0.142. The van der Waals surface area contributed by atoms with Gasteiger partial charge in [-0.1, -0.05) is 29.8 Å². The summed E-state index contributed by atoms with van der Waals surface area (Å²) in [7, 11) is 0. The van der Waals surface area contributed by atoms with E-state index in [4.69, 9.17) is 11.6 Å². The smallest absolute Gasteiger partial charge is 0.320 e. The van der Waals surface area contributed by atoms with E-state index in [0.29, 0.717) is 15.1 Å². The predicted octanol–water partition coefficient (Wildman–Crippen LogP) is 6.10. The number of carbonyl (C=O) groups is 1. The van der Waals surface area contributed by atoms with E-state index in [1.807, 2.05) is 18.4 Å². The van der Waals surface area contributed by atoms with Crippen LogP contribution in [0.25, 0.3) is 16.2 Å². The van der Waals surface area contributed by atoms with Crippen molar-refractivity contribution in [3.05, 3.63) is 64.3 Å². The Kier molecular flexibility index (Phi) is 5.48. The van der Waals surface area contributed by atoms with Crippen molar-refractivity contribution in [3.63, 3.8) is 0 Å². The number of carbonyl (C=O) groups excluding carboxylic acids is 1. The van der Waals surface area contributed by atoms with Gasteiger partial charge in [0.25, 0.3) is 5.91 Å². The third kappa shape index (κ3) is 3.78. The molecule has 1 aromatic carbocycles. The van der Waals surface area contributed by atoms with Gasteiger partial charge in [0, 0.05) is 4.90 Å². The number of hydrogen-bond acceptors (Lipinski definition) is 5. The Morgan fingerprint density at radius 3 is 2.67 bits per heavy atom. The number of aromatic nitrogens is 3. The molecular formula is C19H12ClF3N4OS2. The largest absolute Gasteiger partial charge is 0.433 e. The summed E-state index contributed by atoms with van der Waals surface area (Å²) in [6.07, 6.45) is -2.88. The number of nitrogens with one attached hydrogen (secondary N) is 1. The molecule has 3 aromatic heterocycles. The van der Waals surface area contributed by atoms with Crippen LogP contribution in [0.15, 0.2) is 52.7 Å². The van der Waals surface area contributed by atoms with Gasteiger partial charge in [-0.15, -0.1) is 23.1 Å². The first-order valence-corrected chi connectivity index (χ1v) is 10.9. The Hall–Kier alpha value is -2.56. The van der Waals surface area contributed by atoms with Gasteiger partial charge in [-0.3, -0.25) is 4.79 Å². The number of halogens is 4. The van der Waals surface area contributed by atoms with Crippen LogP contribution in [0, 0.1) is 0 Å². The summed E-state index contributed by atoms with van der Waals surface area (Å²) >= 11 is 8.93. The molecule has 3 heterocycles. The van der Waals surface area contributed by atoms with Crippen LogP contribution in [-0.4, -0.2) is 26.8 Å². The van der Waals surface area contributed by atoms with Gasteiger partial charge in [0.1, 0.15) is 5.02 Å². The average Bonchev–Trinajstić information content (AvgIpc) is 3.35. The molecule has 0 bridgehead atoms. The Morgan fingerprint density at radius 2 is 2.00 bits per heavy atom. The van der Waals surface area contributed by atoms with E-state index < -0.39 is 17.8 Å². The summed E-state index contributed by atoms with van der Waals surface area (Å²) in [5, 5.41) is 7.97. The van der Waals surface area contributed by atoms with Gasteiger partial charge in [0.15, 0.2) is 17.0 Å². The SMILES string of the molecule is CSc1ccccc1NC(=O)c1nn2c(C(F)(F)F)cc(-c3cccs3)nc2c1Cl. The molecule has 0 aliphatic heterocycles. The van der Waals surface area contributed by atoms with Gasteiger partial charge in [-0.2, -0.15) is 18.3 Å². The van der Waals surface area contributed by atoms with Crippen molar-refractivity contribution in [2.45, 2.75) is 11.1 Å². The van der Waals surface area contributed by atoms with Crippen LogP contribution in [0.4, 0.5) is 18.9 Å². The van der Waals surface area contributed by atoms with Crippen LogP contribution in [0.2, 0.25) is 5.02 Å². The van der Waals surface area contributed by atoms with Crippen molar-refractivity contribution in [1.29, 1.82) is 0 Å². The van der Waals surface area contributed by atoms with E-state index in [1.165, 1.54) is 23.1 Å². The molecule has 0 fully saturated rings. The normalized spacial score (nSPS) is 11.8. The fourth-order valence-electron chi connectivity index (χ4n) is 2.82. The molecule has 4 aromatic rings. The summed E-state index contributed by atoms with van der Waals surface area (Å²) in [5.74, 6) is -0.724. The fourth-order valence-corrected chi connectivity index (χ4v) is 4.30. The molecule has 0 unspecified atom stereocenters. The summed E-state index contributed by atoms with van der Waals surface area (Å²) in [6, 6.07) is 11.3. The molecule has 154 valence electrons. The molecule has 1 amide bonds. The lowest BCUT2D eigenvalue weighted by Crippen LogP contribution is -2.16. The van der Waals surface area contributed by atoms with E-state index in [0.717, 1.165) is 11.0 Å². The number of amides is 1. The molecule has 0 spiro atoms. The molecule has 5 nitrogen and oxygen atoms in total. The summed E-state index contributed by atoms with van der Waals surface area (Å²) in [4.78, 5) is 18.3. The molecule has 30 heavy (non-hydrogen) atoms. The Morgan fingerprint density at radius 1 is 1.23 bits per heavy atom. The number of para-hydroxylation sites is 1. The van der Waals surface area contributed by atoms with Crippen molar-refractivity contribution in [2.24, 2.45) is 0 Å². The van der Waals surface area contributed by atoms with Crippen molar-refractivity contribution >= 4 is 51.9 Å². The third-order valence-corrected chi connectivity index (χ3v) is 6.20. The number of thioether (sulfide) groups is 1. The van der Waals surface area contributed by atoms with E-state index >= 15 is 0 Å². The Balaban J connectivity index is 1.84. The van der Waals surface area contributed by atoms with Crippen LogP contribution >= 0.6 is 34.7 Å². The first-order valence-electron chi connectivity index (χ1n) is 8.44. The number of nitrogens with zero attached hydrogens (tertiary/aromatic N) is 3. The van der Waals surface area contributed by atoms with E-state index in [9.17, 15) is 18.0 Å². The second kappa shape index (κ2) is 7.93. The van der Waals surface area contributed by atoms with Crippen LogP contribution in [0.1, 0.15) is 16.2 Å². The topological polar surface area (TPSA) is 59.3 Å². The van der Waals surface area contributed by atoms with Crippen molar-refractivity contribution < 1.29 is 18.0 Å². The van der Waals surface area contributed by atoms with Crippen molar-refractivity contribution in [1.82, 2.24) is 14.6 Å². The van der Waals surface area contributed by atoms with Crippen LogP contribution in [0.5, 0.6) is 0 Å². The molecule has 0 saturated heterocycles. The number of alkyl halides is 3. The number of anilines is 1. The quantitative estimate of drug-likeness (QED) is 0.367. The Labute approximate surface area is 181 Å². The summed E-state index contributed by atoms with van der Waals surface area (Å²) in [6.45, 7) is 0. The van der Waals surface area contributed by atoms with Crippen molar-refractivity contribution in [2.75, 3.05) is 11.6 Å². The molecule has 0 aliphatic rings. The van der Waals surface area contributed by atoms with Gasteiger partial charge in [0.2, 0.25) is 0 Å². The summed E-state index contributed by atoms with van der Waals surface area (Å²) < 4.78 is 41.7. The minimum absolute atomic E-state index is 0.103. The maximum atomic E-state index is 13.7. The average molecular weight is 469 g/mol. The van der Waals surface area contributed by atoms with Crippen LogP contribution < -0.4 is 5.32 Å². The standard InChI is InChI=1S/C19H12ClF3N4OS2/c1-29-12-6-3-2-5-10(12)25-18(28)16-15(20)17-24-11(13-7-4-8-30-13)9-14(19(21,22)23)27(17)26-16/h2-9H,1H3,(H,25,28). The Bertz CT molecular complexity index is 1240. The zero-order valence-corrected chi connectivity index (χ0v) is 17.6. The molecule has 4 rings (SSSR count). The monoisotopic (exact) mass is 468 g/mol. The lowest BCUT2D eigenvalue weighted by Gasteiger charge is -2.10. The van der Waals surface area contributed by atoms with E-state index in [-0.39, 0.29) is 22.1 Å². The molecule has 0 aliphatic carbocycles. The highest BCUT2D eigenvalue weighted by molar-refractivity contribution is 7.98. The minimum atomic E-state index is -4.72. The minimum Gasteiger partial charge on any atom is -0.320 e. The van der Waals surface area contributed by atoms with E-state index in [2.05, 4.69) is 15.4 Å². The first kappa shape index (κ1) is 20.7. The number of rotatable bonds is 4. The number of hydrogen-bond donors (Lipinski definition) is 1. The lowest BCUT2D eigenvalue weighted by atomic mass is 10.2. The predicted molar refractivity (Wildman–Crippen MR) is 112 cm³/mol. The highest BCUT2D eigenvalue weighted by Gasteiger charge is 2.36. The third-order valence-electron chi connectivity index (χ3n) is 4.17. The molecule has 1 N–H and O–H groups in total.